The summed E-state index contributed by atoms with van der Waals surface area (Å²) in [6.45, 7) is 7.69. The van der Waals surface area contributed by atoms with Crippen LogP contribution >= 0.6 is 11.3 Å². The van der Waals surface area contributed by atoms with E-state index >= 15 is 0 Å². The van der Waals surface area contributed by atoms with Gasteiger partial charge in [-0.25, -0.2) is 4.39 Å². The van der Waals surface area contributed by atoms with Crippen LogP contribution in [0.15, 0.2) is 35.7 Å². The number of hydrogen-bond acceptors (Lipinski definition) is 4. The fourth-order valence-electron chi connectivity index (χ4n) is 5.27. The average Bonchev–Trinajstić information content (AvgIpc) is 3.33. The van der Waals surface area contributed by atoms with Gasteiger partial charge in [0.05, 0.1) is 12.6 Å². The summed E-state index contributed by atoms with van der Waals surface area (Å²) in [5.41, 5.74) is 2.07. The summed E-state index contributed by atoms with van der Waals surface area (Å²) in [7, 11) is 0. The molecule has 0 spiro atoms. The summed E-state index contributed by atoms with van der Waals surface area (Å²) in [5, 5.41) is 2.09. The standard InChI is InChI=1S/C27H36FN3O2S/c1-3-5-7-20(4-2)27(33)30-15-13-29(14-16-30)25(32)19-31-12-10-24-23(11-17-34-24)26(31)21-8-6-9-22(28)18-21/h6,8-9,11,17-18,20,26H,3-5,7,10,12-16,19H2,1-2H3. The predicted octanol–water partition coefficient (Wildman–Crippen LogP) is 4.72. The lowest BCUT2D eigenvalue weighted by Gasteiger charge is -2.39. The van der Waals surface area contributed by atoms with E-state index in [0.29, 0.717) is 32.7 Å². The maximum atomic E-state index is 14.0. The molecule has 2 unspecified atom stereocenters. The number of amides is 2. The van der Waals surface area contributed by atoms with Crippen molar-refractivity contribution in [3.63, 3.8) is 0 Å². The Hall–Kier alpha value is -2.25. The largest absolute Gasteiger partial charge is 0.339 e. The molecule has 0 bridgehead atoms. The number of nitrogens with zero attached hydrogens (tertiary/aromatic N) is 3. The van der Waals surface area contributed by atoms with E-state index in [-0.39, 0.29) is 29.6 Å². The highest BCUT2D eigenvalue weighted by molar-refractivity contribution is 7.10. The number of fused-ring (bicyclic) bond motifs is 1. The second-order valence-corrected chi connectivity index (χ2v) is 10.4. The number of benzene rings is 1. The molecule has 2 atom stereocenters. The molecule has 7 heteroatoms. The van der Waals surface area contributed by atoms with E-state index < -0.39 is 0 Å². The Morgan fingerprint density at radius 2 is 1.85 bits per heavy atom. The van der Waals surface area contributed by atoms with E-state index in [1.165, 1.54) is 16.5 Å². The second kappa shape index (κ2) is 11.5. The Morgan fingerprint density at radius 1 is 1.09 bits per heavy atom. The van der Waals surface area contributed by atoms with Crippen LogP contribution in [0.3, 0.4) is 0 Å². The molecule has 0 saturated carbocycles. The van der Waals surface area contributed by atoms with E-state index in [0.717, 1.165) is 44.2 Å². The van der Waals surface area contributed by atoms with Gasteiger partial charge >= 0.3 is 0 Å². The van der Waals surface area contributed by atoms with Crippen molar-refractivity contribution in [2.24, 2.45) is 5.92 Å². The van der Waals surface area contributed by atoms with Gasteiger partial charge in [-0.1, -0.05) is 38.8 Å². The molecule has 0 aliphatic carbocycles. The first-order chi connectivity index (χ1) is 16.5. The summed E-state index contributed by atoms with van der Waals surface area (Å²) < 4.78 is 14.0. The topological polar surface area (TPSA) is 43.9 Å². The molecule has 0 N–H and O–H groups in total. The SMILES string of the molecule is CCCCC(CC)C(=O)N1CCN(C(=O)CN2CCc3sccc3C2c2cccc(F)c2)CC1. The second-order valence-electron chi connectivity index (χ2n) is 9.43. The minimum absolute atomic E-state index is 0.0882. The highest BCUT2D eigenvalue weighted by atomic mass is 32.1. The van der Waals surface area contributed by atoms with Gasteiger partial charge in [-0.3, -0.25) is 14.5 Å². The Labute approximate surface area is 206 Å². The van der Waals surface area contributed by atoms with Crippen LogP contribution in [-0.4, -0.2) is 65.8 Å². The predicted molar refractivity (Wildman–Crippen MR) is 134 cm³/mol. The van der Waals surface area contributed by atoms with Gasteiger partial charge in [0.25, 0.3) is 0 Å². The van der Waals surface area contributed by atoms with Gasteiger partial charge in [0.2, 0.25) is 11.8 Å². The molecule has 4 rings (SSSR count). The fourth-order valence-corrected chi connectivity index (χ4v) is 6.17. The molecular weight excluding hydrogens is 449 g/mol. The molecule has 0 radical (unpaired) electrons. The van der Waals surface area contributed by atoms with Crippen LogP contribution in [0.25, 0.3) is 0 Å². The normalized spacial score (nSPS) is 19.7. The first-order valence-corrected chi connectivity index (χ1v) is 13.5. The van der Waals surface area contributed by atoms with Crippen molar-refractivity contribution < 1.29 is 14.0 Å². The van der Waals surface area contributed by atoms with Gasteiger partial charge in [-0.05, 0) is 54.0 Å². The minimum atomic E-state index is -0.253. The van der Waals surface area contributed by atoms with E-state index in [9.17, 15) is 14.0 Å². The molecule has 2 amide bonds. The van der Waals surface area contributed by atoms with E-state index in [1.54, 1.807) is 23.5 Å². The van der Waals surface area contributed by atoms with Gasteiger partial charge in [-0.2, -0.15) is 0 Å². The fraction of sp³-hybridized carbons (Fsp3) is 0.556. The molecule has 34 heavy (non-hydrogen) atoms. The molecule has 1 fully saturated rings. The van der Waals surface area contributed by atoms with E-state index in [4.69, 9.17) is 0 Å². The lowest BCUT2D eigenvalue weighted by Crippen LogP contribution is -2.54. The van der Waals surface area contributed by atoms with Crippen molar-refractivity contribution in [1.82, 2.24) is 14.7 Å². The van der Waals surface area contributed by atoms with Gasteiger partial charge in [0, 0.05) is 43.5 Å². The zero-order valence-electron chi connectivity index (χ0n) is 20.3. The van der Waals surface area contributed by atoms with Gasteiger partial charge in [0.15, 0.2) is 0 Å². The Kier molecular flexibility index (Phi) is 8.37. The van der Waals surface area contributed by atoms with Crippen molar-refractivity contribution in [2.75, 3.05) is 39.3 Å². The third kappa shape index (κ3) is 5.52. The first kappa shape index (κ1) is 24.9. The van der Waals surface area contributed by atoms with Crippen molar-refractivity contribution in [1.29, 1.82) is 0 Å². The highest BCUT2D eigenvalue weighted by Gasteiger charge is 2.33. The molecule has 3 heterocycles. The maximum Gasteiger partial charge on any atom is 0.236 e. The number of thiophene rings is 1. The molecule has 1 aromatic heterocycles. The van der Waals surface area contributed by atoms with Crippen LogP contribution < -0.4 is 0 Å². The quantitative estimate of drug-likeness (QED) is 0.543. The van der Waals surface area contributed by atoms with Gasteiger partial charge in [0.1, 0.15) is 5.82 Å². The molecule has 1 saturated heterocycles. The zero-order valence-corrected chi connectivity index (χ0v) is 21.2. The number of rotatable bonds is 8. The molecule has 184 valence electrons. The number of carbonyl (C=O) groups excluding carboxylic acids is 2. The van der Waals surface area contributed by atoms with E-state index in [1.807, 2.05) is 15.9 Å². The Bertz CT molecular complexity index is 986. The highest BCUT2D eigenvalue weighted by Crippen LogP contribution is 2.37. The number of piperazine rings is 1. The molecule has 2 aromatic rings. The number of carbonyl (C=O) groups is 2. The summed E-state index contributed by atoms with van der Waals surface area (Å²) in [4.78, 5) is 33.5. The lowest BCUT2D eigenvalue weighted by molar-refractivity contribution is -0.143. The first-order valence-electron chi connectivity index (χ1n) is 12.6. The average molecular weight is 486 g/mol. The zero-order chi connectivity index (χ0) is 24.1. The van der Waals surface area contributed by atoms with Crippen LogP contribution in [-0.2, 0) is 16.0 Å². The lowest BCUT2D eigenvalue weighted by atomic mass is 9.93. The molecule has 2 aliphatic heterocycles. The third-order valence-corrected chi connectivity index (χ3v) is 8.26. The van der Waals surface area contributed by atoms with Gasteiger partial charge in [-0.15, -0.1) is 11.3 Å². The third-order valence-electron chi connectivity index (χ3n) is 7.26. The molecular formula is C27H36FN3O2S. The van der Waals surface area contributed by atoms with Gasteiger partial charge < -0.3 is 9.80 Å². The monoisotopic (exact) mass is 485 g/mol. The van der Waals surface area contributed by atoms with Crippen LogP contribution in [0.2, 0.25) is 0 Å². The van der Waals surface area contributed by atoms with Crippen molar-refractivity contribution in [3.8, 4) is 0 Å². The smallest absolute Gasteiger partial charge is 0.236 e. The van der Waals surface area contributed by atoms with Crippen LogP contribution in [0.5, 0.6) is 0 Å². The Balaban J connectivity index is 1.39. The van der Waals surface area contributed by atoms with Crippen LogP contribution in [0.4, 0.5) is 4.39 Å². The van der Waals surface area contributed by atoms with Crippen LogP contribution in [0, 0.1) is 11.7 Å². The van der Waals surface area contributed by atoms with Crippen LogP contribution in [0.1, 0.15) is 61.6 Å². The number of hydrogen-bond donors (Lipinski definition) is 0. The Morgan fingerprint density at radius 3 is 2.56 bits per heavy atom. The summed E-state index contributed by atoms with van der Waals surface area (Å²) >= 11 is 1.74. The summed E-state index contributed by atoms with van der Waals surface area (Å²) in [6.07, 6.45) is 4.92. The summed E-state index contributed by atoms with van der Waals surface area (Å²) in [6, 6.07) is 8.74. The molecule has 2 aliphatic rings. The van der Waals surface area contributed by atoms with Crippen molar-refractivity contribution in [3.05, 3.63) is 57.5 Å². The number of unbranched alkanes of at least 4 members (excludes halogenated alkanes) is 1. The number of halogens is 1. The molecule has 1 aromatic carbocycles. The van der Waals surface area contributed by atoms with E-state index in [2.05, 4.69) is 30.2 Å². The summed E-state index contributed by atoms with van der Waals surface area (Å²) in [5.74, 6) is 0.180. The maximum absolute atomic E-state index is 14.0. The minimum Gasteiger partial charge on any atom is -0.339 e. The van der Waals surface area contributed by atoms with Crippen molar-refractivity contribution in [2.45, 2.75) is 52.0 Å². The molecule has 5 nitrogen and oxygen atoms in total. The van der Waals surface area contributed by atoms with Crippen molar-refractivity contribution >= 4 is 23.2 Å².